The molecule has 0 aliphatic rings. The average Bonchev–Trinajstić information content (AvgIpc) is 3.12. The number of hydrogen-bond donors (Lipinski definition) is 1. The number of rotatable bonds is 7. The zero-order valence-corrected chi connectivity index (χ0v) is 18.6. The Morgan fingerprint density at radius 2 is 2.00 bits per heavy atom. The third-order valence-electron chi connectivity index (χ3n) is 5.09. The van der Waals surface area contributed by atoms with Gasteiger partial charge in [0.15, 0.2) is 0 Å². The predicted molar refractivity (Wildman–Crippen MR) is 132 cm³/mol. The molecule has 2 aromatic heterocycles. The molecule has 0 aliphatic heterocycles. The van der Waals surface area contributed by atoms with E-state index in [2.05, 4.69) is 35.8 Å². The van der Waals surface area contributed by atoms with Crippen molar-refractivity contribution in [3.05, 3.63) is 107 Å². The van der Waals surface area contributed by atoms with E-state index in [1.807, 2.05) is 43.5 Å². The summed E-state index contributed by atoms with van der Waals surface area (Å²) >= 11 is 6.10. The van der Waals surface area contributed by atoms with Gasteiger partial charge in [-0.2, -0.15) is 0 Å². The fourth-order valence-corrected chi connectivity index (χ4v) is 3.60. The Morgan fingerprint density at radius 1 is 1.16 bits per heavy atom. The average molecular weight is 443 g/mol. The molecule has 4 aromatic rings. The van der Waals surface area contributed by atoms with Crippen molar-refractivity contribution in [3.63, 3.8) is 0 Å². The molecule has 32 heavy (non-hydrogen) atoms. The van der Waals surface area contributed by atoms with E-state index in [-0.39, 0.29) is 0 Å². The number of benzene rings is 2. The van der Waals surface area contributed by atoms with E-state index >= 15 is 0 Å². The van der Waals surface area contributed by atoms with Crippen molar-refractivity contribution in [1.29, 1.82) is 0 Å². The summed E-state index contributed by atoms with van der Waals surface area (Å²) in [4.78, 5) is 7.24. The summed E-state index contributed by atoms with van der Waals surface area (Å²) < 4.78 is 11.8. The van der Waals surface area contributed by atoms with Crippen LogP contribution in [0.25, 0.3) is 29.0 Å². The van der Waals surface area contributed by atoms with Crippen LogP contribution < -0.4 is 20.0 Å². The number of hydrogen-bond acceptors (Lipinski definition) is 3. The molecule has 4 rings (SSSR count). The van der Waals surface area contributed by atoms with Gasteiger partial charge in [-0.15, -0.1) is 0 Å². The van der Waals surface area contributed by atoms with Gasteiger partial charge in [0.25, 0.3) is 0 Å². The summed E-state index contributed by atoms with van der Waals surface area (Å²) in [5.41, 5.74) is 2.75. The SMILES string of the molecule is C=C(/C=c1/[nH]cc(C(=C)COc2cc3ccc(Cl)cc3cc2C)c1=C)Oc1cccnc1. The van der Waals surface area contributed by atoms with Gasteiger partial charge in [0, 0.05) is 34.4 Å². The quantitative estimate of drug-likeness (QED) is 0.390. The molecule has 2 aromatic carbocycles. The monoisotopic (exact) mass is 442 g/mol. The number of halogens is 1. The summed E-state index contributed by atoms with van der Waals surface area (Å²) in [6.45, 7) is 14.7. The number of allylic oxidation sites excluding steroid dienone is 1. The summed E-state index contributed by atoms with van der Waals surface area (Å²) in [6.07, 6.45) is 6.98. The molecule has 0 bridgehead atoms. The third-order valence-corrected chi connectivity index (χ3v) is 5.32. The van der Waals surface area contributed by atoms with Gasteiger partial charge in [-0.3, -0.25) is 4.98 Å². The Labute approximate surface area is 191 Å². The number of pyridine rings is 1. The number of fused-ring (bicyclic) bond motifs is 1. The zero-order valence-electron chi connectivity index (χ0n) is 17.8. The van der Waals surface area contributed by atoms with Crippen LogP contribution in [0.1, 0.15) is 11.1 Å². The molecule has 0 unspecified atom stereocenters. The van der Waals surface area contributed by atoms with E-state index in [9.17, 15) is 0 Å². The highest BCUT2D eigenvalue weighted by atomic mass is 35.5. The predicted octanol–water partition coefficient (Wildman–Crippen LogP) is 5.40. The standard InChI is InChI=1S/C27H23ClN2O2/c1-17-10-22-12-23(28)8-7-21(22)13-27(17)31-16-18(2)25-15-30-26(20(25)4)11-19(3)32-24-6-5-9-29-14-24/h5-15,30H,2-4,16H2,1H3/b26-11+. The van der Waals surface area contributed by atoms with Gasteiger partial charge in [-0.05, 0) is 70.4 Å². The van der Waals surface area contributed by atoms with E-state index in [4.69, 9.17) is 21.1 Å². The molecule has 0 atom stereocenters. The molecule has 0 radical (unpaired) electrons. The molecule has 160 valence electrons. The molecule has 0 saturated carbocycles. The number of aryl methyl sites for hydroxylation is 1. The van der Waals surface area contributed by atoms with Crippen LogP contribution in [-0.4, -0.2) is 16.6 Å². The molecular weight excluding hydrogens is 420 g/mol. The maximum absolute atomic E-state index is 6.10. The van der Waals surface area contributed by atoms with Crippen molar-refractivity contribution in [2.45, 2.75) is 6.92 Å². The van der Waals surface area contributed by atoms with Crippen LogP contribution in [0.15, 0.2) is 80.0 Å². The van der Waals surface area contributed by atoms with Gasteiger partial charge >= 0.3 is 0 Å². The molecule has 0 aliphatic carbocycles. The minimum Gasteiger partial charge on any atom is -0.489 e. The number of aromatic amines is 1. The first-order valence-electron chi connectivity index (χ1n) is 10.1. The van der Waals surface area contributed by atoms with E-state index in [0.717, 1.165) is 48.8 Å². The first-order chi connectivity index (χ1) is 15.4. The van der Waals surface area contributed by atoms with Crippen LogP contribution in [0.3, 0.4) is 0 Å². The Bertz CT molecular complexity index is 1420. The second kappa shape index (κ2) is 9.16. The fourth-order valence-electron chi connectivity index (χ4n) is 3.42. The van der Waals surface area contributed by atoms with E-state index in [1.54, 1.807) is 24.5 Å². The maximum Gasteiger partial charge on any atom is 0.145 e. The van der Waals surface area contributed by atoms with Crippen LogP contribution in [0.5, 0.6) is 11.5 Å². The summed E-state index contributed by atoms with van der Waals surface area (Å²) in [6, 6.07) is 13.5. The first kappa shape index (κ1) is 21.5. The molecule has 2 heterocycles. The summed E-state index contributed by atoms with van der Waals surface area (Å²) in [7, 11) is 0. The molecular formula is C27H23ClN2O2. The van der Waals surface area contributed by atoms with Gasteiger partial charge in [0.2, 0.25) is 0 Å². The van der Waals surface area contributed by atoms with Crippen molar-refractivity contribution >= 4 is 40.6 Å². The molecule has 0 spiro atoms. The number of nitrogens with one attached hydrogen (secondary N) is 1. The molecule has 4 nitrogen and oxygen atoms in total. The van der Waals surface area contributed by atoms with E-state index < -0.39 is 0 Å². The number of nitrogens with zero attached hydrogens (tertiary/aromatic N) is 1. The topological polar surface area (TPSA) is 47.1 Å². The largest absolute Gasteiger partial charge is 0.489 e. The van der Waals surface area contributed by atoms with Crippen molar-refractivity contribution in [3.8, 4) is 11.5 Å². The van der Waals surface area contributed by atoms with Crippen molar-refractivity contribution in [2.24, 2.45) is 0 Å². The van der Waals surface area contributed by atoms with Crippen molar-refractivity contribution in [2.75, 3.05) is 6.61 Å². The Hall–Kier alpha value is -3.76. The minimum absolute atomic E-state index is 0.340. The third kappa shape index (κ3) is 4.76. The Balaban J connectivity index is 1.48. The highest BCUT2D eigenvalue weighted by Gasteiger charge is 2.08. The molecule has 0 saturated heterocycles. The lowest BCUT2D eigenvalue weighted by atomic mass is 10.1. The summed E-state index contributed by atoms with van der Waals surface area (Å²) in [5.74, 6) is 1.91. The number of H-pyrrole nitrogens is 1. The Kier molecular flexibility index (Phi) is 6.15. The smallest absolute Gasteiger partial charge is 0.145 e. The zero-order chi connectivity index (χ0) is 22.7. The highest BCUT2D eigenvalue weighted by molar-refractivity contribution is 6.31. The first-order valence-corrected chi connectivity index (χ1v) is 10.4. The molecule has 5 heteroatoms. The van der Waals surface area contributed by atoms with Crippen LogP contribution in [0.2, 0.25) is 5.02 Å². The maximum atomic E-state index is 6.10. The van der Waals surface area contributed by atoms with Crippen LogP contribution in [-0.2, 0) is 0 Å². The van der Waals surface area contributed by atoms with Gasteiger partial charge in [-0.25, -0.2) is 0 Å². The van der Waals surface area contributed by atoms with Crippen molar-refractivity contribution in [1.82, 2.24) is 9.97 Å². The lowest BCUT2D eigenvalue weighted by Gasteiger charge is -2.12. The summed E-state index contributed by atoms with van der Waals surface area (Å²) in [5, 5.41) is 4.48. The lowest BCUT2D eigenvalue weighted by molar-refractivity contribution is 0.368. The molecule has 0 fully saturated rings. The fraction of sp³-hybridized carbons (Fsp3) is 0.0741. The second-order valence-corrected chi connectivity index (χ2v) is 7.93. The van der Waals surface area contributed by atoms with E-state index in [0.29, 0.717) is 18.1 Å². The number of ether oxygens (including phenoxy) is 2. The van der Waals surface area contributed by atoms with Crippen molar-refractivity contribution < 1.29 is 9.47 Å². The van der Waals surface area contributed by atoms with E-state index in [1.165, 1.54) is 0 Å². The Morgan fingerprint density at radius 3 is 2.78 bits per heavy atom. The second-order valence-electron chi connectivity index (χ2n) is 7.50. The van der Waals surface area contributed by atoms with Gasteiger partial charge < -0.3 is 14.5 Å². The minimum atomic E-state index is 0.340. The molecule has 0 amide bonds. The number of aromatic nitrogens is 2. The molecule has 1 N–H and O–H groups in total. The normalized spacial score (nSPS) is 11.5. The van der Waals surface area contributed by atoms with Gasteiger partial charge in [-0.1, -0.05) is 37.4 Å². The van der Waals surface area contributed by atoms with Crippen LogP contribution in [0.4, 0.5) is 0 Å². The van der Waals surface area contributed by atoms with Gasteiger partial charge in [0.1, 0.15) is 23.9 Å². The highest BCUT2D eigenvalue weighted by Crippen LogP contribution is 2.28. The lowest BCUT2D eigenvalue weighted by Crippen LogP contribution is -2.24. The van der Waals surface area contributed by atoms with Crippen LogP contribution in [0, 0.1) is 6.92 Å². The van der Waals surface area contributed by atoms with Crippen LogP contribution >= 0.6 is 11.6 Å². The van der Waals surface area contributed by atoms with Gasteiger partial charge in [0.05, 0.1) is 6.20 Å².